The second kappa shape index (κ2) is 6.60. The summed E-state index contributed by atoms with van der Waals surface area (Å²) in [5.74, 6) is 0.0497. The molecule has 0 atom stereocenters. The van der Waals surface area contributed by atoms with Crippen molar-refractivity contribution in [3.63, 3.8) is 0 Å². The standard InChI is InChI=1S/C11H13ClF3N3O/c1-2-9(19)16-3-4-17-10-8(12)5-7(6-18-10)11(13,14)15/h5-6H,2-4H2,1H3,(H,16,19)(H,17,18). The molecule has 0 aliphatic heterocycles. The lowest BCUT2D eigenvalue weighted by Gasteiger charge is -2.11. The van der Waals surface area contributed by atoms with E-state index in [0.29, 0.717) is 25.7 Å². The van der Waals surface area contributed by atoms with Crippen molar-refractivity contribution in [2.45, 2.75) is 19.5 Å². The van der Waals surface area contributed by atoms with Gasteiger partial charge in [-0.25, -0.2) is 4.98 Å². The van der Waals surface area contributed by atoms with Gasteiger partial charge >= 0.3 is 6.18 Å². The van der Waals surface area contributed by atoms with Crippen LogP contribution in [0.4, 0.5) is 19.0 Å². The number of hydrogen-bond acceptors (Lipinski definition) is 3. The SMILES string of the molecule is CCC(=O)NCCNc1ncc(C(F)(F)F)cc1Cl. The molecule has 0 aliphatic carbocycles. The minimum absolute atomic E-state index is 0.103. The van der Waals surface area contributed by atoms with Gasteiger partial charge in [0.2, 0.25) is 5.91 Å². The first kappa shape index (κ1) is 15.6. The van der Waals surface area contributed by atoms with Crippen molar-refractivity contribution in [3.05, 3.63) is 22.8 Å². The van der Waals surface area contributed by atoms with Gasteiger partial charge in [-0.3, -0.25) is 4.79 Å². The molecule has 0 saturated heterocycles. The third-order valence-corrected chi connectivity index (χ3v) is 2.52. The van der Waals surface area contributed by atoms with Crippen molar-refractivity contribution < 1.29 is 18.0 Å². The van der Waals surface area contributed by atoms with E-state index in [4.69, 9.17) is 11.6 Å². The second-order valence-electron chi connectivity index (χ2n) is 3.68. The quantitative estimate of drug-likeness (QED) is 0.821. The number of anilines is 1. The molecule has 0 fully saturated rings. The maximum Gasteiger partial charge on any atom is 0.417 e. The molecule has 1 heterocycles. The molecule has 0 bridgehead atoms. The van der Waals surface area contributed by atoms with Crippen molar-refractivity contribution in [2.24, 2.45) is 0 Å². The van der Waals surface area contributed by atoms with Crippen LogP contribution in [0.3, 0.4) is 0 Å². The average molecular weight is 296 g/mol. The van der Waals surface area contributed by atoms with E-state index < -0.39 is 11.7 Å². The highest BCUT2D eigenvalue weighted by Gasteiger charge is 2.31. The number of rotatable bonds is 5. The summed E-state index contributed by atoms with van der Waals surface area (Å²) in [6.45, 7) is 2.38. The average Bonchev–Trinajstić information content (AvgIpc) is 2.34. The number of nitrogens with zero attached hydrogens (tertiary/aromatic N) is 1. The van der Waals surface area contributed by atoms with Crippen LogP contribution in [0.1, 0.15) is 18.9 Å². The summed E-state index contributed by atoms with van der Waals surface area (Å²) in [6.07, 6.45) is -3.39. The maximum atomic E-state index is 12.4. The molecule has 0 unspecified atom stereocenters. The molecule has 0 spiro atoms. The molecule has 0 aromatic carbocycles. The Morgan fingerprint density at radius 1 is 1.42 bits per heavy atom. The van der Waals surface area contributed by atoms with Gasteiger partial charge in [0.1, 0.15) is 5.82 Å². The van der Waals surface area contributed by atoms with Gasteiger partial charge in [0.05, 0.1) is 10.6 Å². The third-order valence-electron chi connectivity index (χ3n) is 2.23. The summed E-state index contributed by atoms with van der Waals surface area (Å²) < 4.78 is 37.1. The van der Waals surface area contributed by atoms with Crippen LogP contribution in [0.2, 0.25) is 5.02 Å². The van der Waals surface area contributed by atoms with Crippen molar-refractivity contribution in [1.29, 1.82) is 0 Å². The van der Waals surface area contributed by atoms with Crippen molar-refractivity contribution in [3.8, 4) is 0 Å². The molecule has 0 aliphatic rings. The Bertz CT molecular complexity index is 451. The second-order valence-corrected chi connectivity index (χ2v) is 4.09. The zero-order valence-corrected chi connectivity index (χ0v) is 10.9. The summed E-state index contributed by atoms with van der Waals surface area (Å²) in [4.78, 5) is 14.5. The zero-order chi connectivity index (χ0) is 14.5. The minimum Gasteiger partial charge on any atom is -0.367 e. The summed E-state index contributed by atoms with van der Waals surface area (Å²) in [5.41, 5.74) is -0.901. The van der Waals surface area contributed by atoms with Crippen molar-refractivity contribution in [2.75, 3.05) is 18.4 Å². The molecule has 1 rings (SSSR count). The number of amides is 1. The highest BCUT2D eigenvalue weighted by molar-refractivity contribution is 6.32. The molecule has 1 amide bonds. The summed E-state index contributed by atoms with van der Waals surface area (Å²) >= 11 is 5.69. The van der Waals surface area contributed by atoms with Gasteiger partial charge in [0.25, 0.3) is 0 Å². The molecule has 1 aromatic heterocycles. The van der Waals surface area contributed by atoms with Gasteiger partial charge in [0.15, 0.2) is 0 Å². The molecular weight excluding hydrogens is 283 g/mol. The van der Waals surface area contributed by atoms with Gasteiger partial charge < -0.3 is 10.6 Å². The largest absolute Gasteiger partial charge is 0.417 e. The zero-order valence-electron chi connectivity index (χ0n) is 10.1. The Hall–Kier alpha value is -1.50. The molecule has 8 heteroatoms. The molecule has 2 N–H and O–H groups in total. The first-order chi connectivity index (χ1) is 8.84. The van der Waals surface area contributed by atoms with E-state index in [9.17, 15) is 18.0 Å². The van der Waals surface area contributed by atoms with Crippen LogP contribution in [0.5, 0.6) is 0 Å². The monoisotopic (exact) mass is 295 g/mol. The number of halogens is 4. The third kappa shape index (κ3) is 4.94. The Balaban J connectivity index is 2.54. The normalized spacial score (nSPS) is 11.2. The molecular formula is C11H13ClF3N3O. The molecule has 0 radical (unpaired) electrons. The van der Waals surface area contributed by atoms with Crippen LogP contribution in [0, 0.1) is 0 Å². The Morgan fingerprint density at radius 3 is 2.63 bits per heavy atom. The molecule has 106 valence electrons. The fourth-order valence-electron chi connectivity index (χ4n) is 1.23. The number of aromatic nitrogens is 1. The molecule has 0 saturated carbocycles. The van der Waals surface area contributed by atoms with Crippen LogP contribution in [-0.4, -0.2) is 24.0 Å². The first-order valence-electron chi connectivity index (χ1n) is 5.58. The Morgan fingerprint density at radius 2 is 2.11 bits per heavy atom. The van der Waals surface area contributed by atoms with E-state index >= 15 is 0 Å². The number of nitrogens with one attached hydrogen (secondary N) is 2. The molecule has 19 heavy (non-hydrogen) atoms. The minimum atomic E-state index is -4.47. The van der Waals surface area contributed by atoms with E-state index in [1.807, 2.05) is 0 Å². The summed E-state index contributed by atoms with van der Waals surface area (Å²) in [7, 11) is 0. The van der Waals surface area contributed by atoms with E-state index in [-0.39, 0.29) is 16.7 Å². The lowest BCUT2D eigenvalue weighted by molar-refractivity contribution is -0.137. The van der Waals surface area contributed by atoms with Gasteiger partial charge in [-0.2, -0.15) is 13.2 Å². The van der Waals surface area contributed by atoms with Gasteiger partial charge in [-0.1, -0.05) is 18.5 Å². The van der Waals surface area contributed by atoms with E-state index in [2.05, 4.69) is 15.6 Å². The number of alkyl halides is 3. The Kier molecular flexibility index (Phi) is 5.41. The van der Waals surface area contributed by atoms with Crippen molar-refractivity contribution >= 4 is 23.3 Å². The maximum absolute atomic E-state index is 12.4. The lowest BCUT2D eigenvalue weighted by Crippen LogP contribution is -2.28. The Labute approximate surface area is 113 Å². The number of carbonyl (C=O) groups excluding carboxylic acids is 1. The van der Waals surface area contributed by atoms with Crippen LogP contribution < -0.4 is 10.6 Å². The number of carbonyl (C=O) groups is 1. The van der Waals surface area contributed by atoms with Gasteiger partial charge in [0, 0.05) is 25.7 Å². The van der Waals surface area contributed by atoms with Crippen LogP contribution >= 0.6 is 11.6 Å². The van der Waals surface area contributed by atoms with E-state index in [1.165, 1.54) is 0 Å². The van der Waals surface area contributed by atoms with Gasteiger partial charge in [-0.15, -0.1) is 0 Å². The number of hydrogen-bond donors (Lipinski definition) is 2. The lowest BCUT2D eigenvalue weighted by atomic mass is 10.3. The van der Waals surface area contributed by atoms with Crippen LogP contribution in [0.25, 0.3) is 0 Å². The van der Waals surface area contributed by atoms with E-state index in [0.717, 1.165) is 6.07 Å². The highest BCUT2D eigenvalue weighted by Crippen LogP contribution is 2.32. The summed E-state index contributed by atoms with van der Waals surface area (Å²) in [5, 5.41) is 5.24. The molecule has 4 nitrogen and oxygen atoms in total. The topological polar surface area (TPSA) is 54.0 Å². The first-order valence-corrected chi connectivity index (χ1v) is 5.95. The fraction of sp³-hybridized carbons (Fsp3) is 0.455. The highest BCUT2D eigenvalue weighted by atomic mass is 35.5. The van der Waals surface area contributed by atoms with Crippen LogP contribution in [-0.2, 0) is 11.0 Å². The van der Waals surface area contributed by atoms with E-state index in [1.54, 1.807) is 6.92 Å². The predicted octanol–water partition coefficient (Wildman–Crippen LogP) is 2.69. The van der Waals surface area contributed by atoms with Crippen LogP contribution in [0.15, 0.2) is 12.3 Å². The number of pyridine rings is 1. The smallest absolute Gasteiger partial charge is 0.367 e. The van der Waals surface area contributed by atoms with Crippen molar-refractivity contribution in [1.82, 2.24) is 10.3 Å². The summed E-state index contributed by atoms with van der Waals surface area (Å²) in [6, 6.07) is 0.807. The molecule has 1 aromatic rings. The fourth-order valence-corrected chi connectivity index (χ4v) is 1.46. The predicted molar refractivity (Wildman–Crippen MR) is 66.0 cm³/mol. The van der Waals surface area contributed by atoms with Gasteiger partial charge in [-0.05, 0) is 6.07 Å².